The Morgan fingerprint density at radius 2 is 1.81 bits per heavy atom. The van der Waals surface area contributed by atoms with Crippen molar-refractivity contribution in [3.05, 3.63) is 59.2 Å². The van der Waals surface area contributed by atoms with Gasteiger partial charge in [-0.1, -0.05) is 24.3 Å². The second-order valence-electron chi connectivity index (χ2n) is 10.7. The van der Waals surface area contributed by atoms with Crippen molar-refractivity contribution in [2.75, 3.05) is 59.1 Å². The number of aliphatic hydroxyl groups is 1. The number of ether oxygens (including phenoxy) is 3. The second kappa shape index (κ2) is 11.0. The van der Waals surface area contributed by atoms with Crippen LogP contribution < -0.4 is 9.47 Å². The maximum absolute atomic E-state index is 13.3. The molecule has 2 fully saturated rings. The van der Waals surface area contributed by atoms with E-state index in [-0.39, 0.29) is 12.0 Å². The average Bonchev–Trinajstić information content (AvgIpc) is 3.02. The van der Waals surface area contributed by atoms with Crippen molar-refractivity contribution < 1.29 is 24.1 Å². The highest BCUT2D eigenvalue weighted by atomic mass is 16.5. The minimum Gasteiger partial charge on any atom is -0.491 e. The lowest BCUT2D eigenvalue weighted by atomic mass is 10.00. The van der Waals surface area contributed by atoms with E-state index in [1.54, 1.807) is 11.0 Å². The van der Waals surface area contributed by atoms with Gasteiger partial charge >= 0.3 is 0 Å². The van der Waals surface area contributed by atoms with Crippen LogP contribution in [0.25, 0.3) is 0 Å². The van der Waals surface area contributed by atoms with Crippen molar-refractivity contribution in [3.8, 4) is 11.5 Å². The molecule has 0 aliphatic carbocycles. The summed E-state index contributed by atoms with van der Waals surface area (Å²) < 4.78 is 17.6. The van der Waals surface area contributed by atoms with Gasteiger partial charge in [0.15, 0.2) is 0 Å². The Morgan fingerprint density at radius 3 is 2.59 bits per heavy atom. The zero-order chi connectivity index (χ0) is 25.2. The fraction of sp³-hybridized carbons (Fsp3) is 0.552. The standard InChI is InChI=1S/C29H37N3O5/c33-24(17-30-10-7-21-3-1-2-4-22(21)16-30)18-32-13-14-36-28-15-26(5-6-27(28)29(32)34)37-25-8-11-31(12-9-25)23-19-35-20-23/h1-6,15,23-25,33H,7-14,16-20H2. The molecule has 0 aromatic heterocycles. The maximum Gasteiger partial charge on any atom is 0.257 e. The number of nitrogens with zero attached hydrogens (tertiary/aromatic N) is 3. The minimum absolute atomic E-state index is 0.0990. The summed E-state index contributed by atoms with van der Waals surface area (Å²) in [6.45, 7) is 7.20. The molecule has 1 N–H and O–H groups in total. The summed E-state index contributed by atoms with van der Waals surface area (Å²) in [6.07, 6.45) is 2.52. The molecule has 0 saturated carbocycles. The van der Waals surface area contributed by atoms with Crippen molar-refractivity contribution in [3.63, 3.8) is 0 Å². The van der Waals surface area contributed by atoms with Crippen molar-refractivity contribution in [2.45, 2.75) is 44.1 Å². The Bertz CT molecular complexity index is 1100. The number of aliphatic hydroxyl groups excluding tert-OH is 1. The van der Waals surface area contributed by atoms with Crippen LogP contribution in [0.2, 0.25) is 0 Å². The molecule has 2 aromatic rings. The number of piperidine rings is 1. The molecule has 4 heterocycles. The fourth-order valence-corrected chi connectivity index (χ4v) is 5.89. The number of hydrogen-bond donors (Lipinski definition) is 1. The van der Waals surface area contributed by atoms with Crippen LogP contribution in [0.1, 0.15) is 34.3 Å². The molecule has 8 heteroatoms. The van der Waals surface area contributed by atoms with Crippen molar-refractivity contribution >= 4 is 5.91 Å². The topological polar surface area (TPSA) is 74.7 Å². The zero-order valence-electron chi connectivity index (χ0n) is 21.4. The van der Waals surface area contributed by atoms with Gasteiger partial charge in [0.05, 0.1) is 37.5 Å². The van der Waals surface area contributed by atoms with Crippen LogP contribution in [-0.2, 0) is 17.7 Å². The van der Waals surface area contributed by atoms with Crippen LogP contribution in [0.5, 0.6) is 11.5 Å². The molecular formula is C29H37N3O5. The molecule has 37 heavy (non-hydrogen) atoms. The van der Waals surface area contributed by atoms with Gasteiger partial charge in [0, 0.05) is 45.3 Å². The van der Waals surface area contributed by atoms with Crippen molar-refractivity contribution in [1.82, 2.24) is 14.7 Å². The monoisotopic (exact) mass is 507 g/mol. The number of benzene rings is 2. The van der Waals surface area contributed by atoms with Gasteiger partial charge in [-0.15, -0.1) is 0 Å². The Labute approximate surface area is 218 Å². The summed E-state index contributed by atoms with van der Waals surface area (Å²) in [7, 11) is 0. The number of amides is 1. The fourth-order valence-electron chi connectivity index (χ4n) is 5.89. The van der Waals surface area contributed by atoms with Crippen molar-refractivity contribution in [1.29, 1.82) is 0 Å². The number of rotatable bonds is 7. The molecule has 8 nitrogen and oxygen atoms in total. The van der Waals surface area contributed by atoms with E-state index in [4.69, 9.17) is 14.2 Å². The number of carbonyl (C=O) groups is 1. The molecule has 6 rings (SSSR count). The van der Waals surface area contributed by atoms with Gasteiger partial charge in [-0.25, -0.2) is 0 Å². The van der Waals surface area contributed by atoms with E-state index in [1.807, 2.05) is 12.1 Å². The van der Waals surface area contributed by atoms with Crippen LogP contribution in [0.15, 0.2) is 42.5 Å². The summed E-state index contributed by atoms with van der Waals surface area (Å²) in [5.74, 6) is 1.21. The van der Waals surface area contributed by atoms with Gasteiger partial charge in [-0.3, -0.25) is 14.6 Å². The molecule has 1 unspecified atom stereocenters. The smallest absolute Gasteiger partial charge is 0.257 e. The number of β-amino-alcohol motifs (C(OH)–C–C–N with tert-alkyl or cyclic N) is 1. The summed E-state index contributed by atoms with van der Waals surface area (Å²) >= 11 is 0. The number of fused-ring (bicyclic) bond motifs is 2. The van der Waals surface area contributed by atoms with Gasteiger partial charge in [0.2, 0.25) is 0 Å². The first-order valence-electron chi connectivity index (χ1n) is 13.6. The molecule has 2 aromatic carbocycles. The first-order valence-corrected chi connectivity index (χ1v) is 13.6. The van der Waals surface area contributed by atoms with E-state index in [1.165, 1.54) is 11.1 Å². The molecule has 4 aliphatic rings. The quantitative estimate of drug-likeness (QED) is 0.616. The van der Waals surface area contributed by atoms with Crippen LogP contribution >= 0.6 is 0 Å². The number of hydrogen-bond acceptors (Lipinski definition) is 7. The largest absolute Gasteiger partial charge is 0.491 e. The SMILES string of the molecule is O=C1c2ccc(OC3CCN(C4COC4)CC3)cc2OCCN1CC(O)CN1CCc2ccccc2C1. The van der Waals surface area contributed by atoms with Gasteiger partial charge in [-0.2, -0.15) is 0 Å². The van der Waals surface area contributed by atoms with E-state index >= 15 is 0 Å². The lowest BCUT2D eigenvalue weighted by molar-refractivity contribution is -0.0778. The van der Waals surface area contributed by atoms with Crippen LogP contribution in [0.3, 0.4) is 0 Å². The number of carbonyl (C=O) groups excluding carboxylic acids is 1. The van der Waals surface area contributed by atoms with E-state index in [2.05, 4.69) is 34.1 Å². The predicted molar refractivity (Wildman–Crippen MR) is 139 cm³/mol. The number of likely N-dealkylation sites (tertiary alicyclic amines) is 1. The molecule has 198 valence electrons. The van der Waals surface area contributed by atoms with E-state index in [0.717, 1.165) is 64.4 Å². The highest BCUT2D eigenvalue weighted by molar-refractivity contribution is 5.97. The van der Waals surface area contributed by atoms with Crippen LogP contribution in [-0.4, -0.2) is 103 Å². The lowest BCUT2D eigenvalue weighted by Crippen LogP contribution is -2.52. The molecule has 1 amide bonds. The van der Waals surface area contributed by atoms with E-state index in [9.17, 15) is 9.90 Å². The third-order valence-electron chi connectivity index (χ3n) is 8.12. The van der Waals surface area contributed by atoms with Crippen LogP contribution in [0.4, 0.5) is 0 Å². The Hall–Kier alpha value is -2.65. The van der Waals surface area contributed by atoms with E-state index in [0.29, 0.717) is 43.6 Å². The molecule has 1 atom stereocenters. The molecule has 0 radical (unpaired) electrons. The van der Waals surface area contributed by atoms with Crippen LogP contribution in [0, 0.1) is 0 Å². The molecule has 0 spiro atoms. The predicted octanol–water partition coefficient (Wildman–Crippen LogP) is 2.18. The Kier molecular flexibility index (Phi) is 7.33. The molecule has 2 saturated heterocycles. The second-order valence-corrected chi connectivity index (χ2v) is 10.7. The molecular weight excluding hydrogens is 470 g/mol. The first-order chi connectivity index (χ1) is 18.1. The summed E-state index contributed by atoms with van der Waals surface area (Å²) in [4.78, 5) is 19.8. The lowest BCUT2D eigenvalue weighted by Gasteiger charge is -2.41. The van der Waals surface area contributed by atoms with E-state index < -0.39 is 6.10 Å². The van der Waals surface area contributed by atoms with Crippen molar-refractivity contribution in [2.24, 2.45) is 0 Å². The first kappa shape index (κ1) is 24.7. The summed E-state index contributed by atoms with van der Waals surface area (Å²) in [6, 6.07) is 14.6. The van der Waals surface area contributed by atoms with Gasteiger partial charge < -0.3 is 24.2 Å². The Balaban J connectivity index is 1.03. The third-order valence-corrected chi connectivity index (χ3v) is 8.12. The highest BCUT2D eigenvalue weighted by Gasteiger charge is 2.31. The molecule has 4 aliphatic heterocycles. The highest BCUT2D eigenvalue weighted by Crippen LogP contribution is 2.30. The minimum atomic E-state index is -0.615. The third kappa shape index (κ3) is 5.62. The maximum atomic E-state index is 13.3. The van der Waals surface area contributed by atoms with Gasteiger partial charge in [-0.05, 0) is 42.5 Å². The normalized spacial score (nSPS) is 22.4. The average molecular weight is 508 g/mol. The summed E-state index contributed by atoms with van der Waals surface area (Å²) in [5.41, 5.74) is 3.25. The van der Waals surface area contributed by atoms with Gasteiger partial charge in [0.25, 0.3) is 5.91 Å². The Morgan fingerprint density at radius 1 is 1.00 bits per heavy atom. The van der Waals surface area contributed by atoms with Gasteiger partial charge in [0.1, 0.15) is 24.2 Å². The molecule has 0 bridgehead atoms. The summed E-state index contributed by atoms with van der Waals surface area (Å²) in [5, 5.41) is 10.9. The zero-order valence-corrected chi connectivity index (χ0v) is 21.4.